The highest BCUT2D eigenvalue weighted by atomic mass is 32.1. The lowest BCUT2D eigenvalue weighted by molar-refractivity contribution is -0.125. The van der Waals surface area contributed by atoms with Crippen LogP contribution in [0.2, 0.25) is 0 Å². The number of benzene rings is 2. The summed E-state index contributed by atoms with van der Waals surface area (Å²) in [6.07, 6.45) is 5.07. The van der Waals surface area contributed by atoms with Gasteiger partial charge in [0.1, 0.15) is 11.2 Å². The van der Waals surface area contributed by atoms with Gasteiger partial charge in [-0.3, -0.25) is 4.79 Å². The van der Waals surface area contributed by atoms with Gasteiger partial charge in [-0.15, -0.1) is 11.3 Å². The number of para-hydroxylation sites is 3. The Bertz CT molecular complexity index is 1350. The van der Waals surface area contributed by atoms with Crippen molar-refractivity contribution in [1.29, 1.82) is 0 Å². The third-order valence-electron chi connectivity index (χ3n) is 5.03. The van der Waals surface area contributed by atoms with Gasteiger partial charge in [0.15, 0.2) is 5.58 Å². The predicted molar refractivity (Wildman–Crippen MR) is 126 cm³/mol. The SMILES string of the molecule is CN(Cc1cn(-c2ccccc2)nc1-c1cccs1)C(=O)/C=C/c1nc2ccccc2o1. The van der Waals surface area contributed by atoms with Crippen LogP contribution in [0.4, 0.5) is 0 Å². The largest absolute Gasteiger partial charge is 0.437 e. The Hall–Kier alpha value is -3.97. The van der Waals surface area contributed by atoms with Crippen molar-refractivity contribution in [2.24, 2.45) is 0 Å². The van der Waals surface area contributed by atoms with Crippen molar-refractivity contribution in [2.45, 2.75) is 6.54 Å². The number of thiophene rings is 1. The number of rotatable bonds is 6. The summed E-state index contributed by atoms with van der Waals surface area (Å²) in [6.45, 7) is 0.427. The van der Waals surface area contributed by atoms with E-state index in [-0.39, 0.29) is 5.91 Å². The standard InChI is InChI=1S/C25H20N4O2S/c1-28(24(30)14-13-23-26-20-10-5-6-11-21(20)31-23)16-18-17-29(19-8-3-2-4-9-19)27-25(18)22-12-7-15-32-22/h2-15,17H,16H2,1H3/b14-13+. The lowest BCUT2D eigenvalue weighted by Crippen LogP contribution is -2.24. The predicted octanol–water partition coefficient (Wildman–Crippen LogP) is 5.41. The van der Waals surface area contributed by atoms with Crippen LogP contribution in [0.1, 0.15) is 11.5 Å². The van der Waals surface area contributed by atoms with Gasteiger partial charge in [0.05, 0.1) is 10.6 Å². The molecule has 0 aliphatic carbocycles. The third kappa shape index (κ3) is 4.10. The summed E-state index contributed by atoms with van der Waals surface area (Å²) in [6, 6.07) is 21.5. The summed E-state index contributed by atoms with van der Waals surface area (Å²) >= 11 is 1.63. The van der Waals surface area contributed by atoms with E-state index in [1.807, 2.05) is 83.0 Å². The van der Waals surface area contributed by atoms with Crippen molar-refractivity contribution in [3.8, 4) is 16.3 Å². The molecule has 0 unspecified atom stereocenters. The summed E-state index contributed by atoms with van der Waals surface area (Å²) in [5.74, 6) is 0.265. The molecular formula is C25H20N4O2S. The summed E-state index contributed by atoms with van der Waals surface area (Å²) in [4.78, 5) is 19.9. The maximum Gasteiger partial charge on any atom is 0.246 e. The molecule has 0 radical (unpaired) electrons. The van der Waals surface area contributed by atoms with Crippen LogP contribution < -0.4 is 0 Å². The molecule has 3 heterocycles. The topological polar surface area (TPSA) is 64.2 Å². The van der Waals surface area contributed by atoms with E-state index in [0.717, 1.165) is 27.3 Å². The Morgan fingerprint density at radius 2 is 1.91 bits per heavy atom. The molecule has 0 bridgehead atoms. The van der Waals surface area contributed by atoms with Crippen LogP contribution in [-0.2, 0) is 11.3 Å². The molecule has 0 N–H and O–H groups in total. The second-order valence-electron chi connectivity index (χ2n) is 7.31. The fourth-order valence-corrected chi connectivity index (χ4v) is 4.17. The van der Waals surface area contributed by atoms with Gasteiger partial charge >= 0.3 is 0 Å². The molecule has 0 aliphatic rings. The lowest BCUT2D eigenvalue weighted by Gasteiger charge is -2.14. The molecule has 7 heteroatoms. The Morgan fingerprint density at radius 3 is 2.69 bits per heavy atom. The Kier molecular flexibility index (Phi) is 5.39. The van der Waals surface area contributed by atoms with Gasteiger partial charge in [-0.2, -0.15) is 5.10 Å². The molecule has 2 aromatic carbocycles. The smallest absolute Gasteiger partial charge is 0.246 e. The van der Waals surface area contributed by atoms with E-state index in [2.05, 4.69) is 4.98 Å². The average molecular weight is 441 g/mol. The monoisotopic (exact) mass is 440 g/mol. The van der Waals surface area contributed by atoms with Crippen molar-refractivity contribution in [3.63, 3.8) is 0 Å². The number of amides is 1. The normalized spacial score (nSPS) is 11.4. The zero-order chi connectivity index (χ0) is 21.9. The first kappa shape index (κ1) is 20.0. The first-order valence-corrected chi connectivity index (χ1v) is 11.0. The van der Waals surface area contributed by atoms with Crippen molar-refractivity contribution in [1.82, 2.24) is 19.7 Å². The molecule has 0 atom stereocenters. The number of hydrogen-bond acceptors (Lipinski definition) is 5. The second-order valence-corrected chi connectivity index (χ2v) is 8.26. The van der Waals surface area contributed by atoms with Gasteiger partial charge in [0.2, 0.25) is 11.8 Å². The number of aromatic nitrogens is 3. The summed E-state index contributed by atoms with van der Waals surface area (Å²) in [7, 11) is 1.77. The first-order chi connectivity index (χ1) is 15.7. The maximum atomic E-state index is 12.8. The number of hydrogen-bond donors (Lipinski definition) is 0. The van der Waals surface area contributed by atoms with Crippen LogP contribution in [0.25, 0.3) is 33.4 Å². The molecule has 0 saturated heterocycles. The van der Waals surface area contributed by atoms with E-state index in [1.54, 1.807) is 29.4 Å². The number of likely N-dealkylation sites (N-methyl/N-ethyl adjacent to an activating group) is 1. The van der Waals surface area contributed by atoms with E-state index in [0.29, 0.717) is 18.0 Å². The Balaban J connectivity index is 1.37. The molecule has 1 amide bonds. The fourth-order valence-electron chi connectivity index (χ4n) is 3.42. The molecule has 6 nitrogen and oxygen atoms in total. The number of carbonyl (C=O) groups is 1. The fraction of sp³-hybridized carbons (Fsp3) is 0.0800. The zero-order valence-electron chi connectivity index (χ0n) is 17.4. The molecule has 0 spiro atoms. The minimum atomic E-state index is -0.142. The van der Waals surface area contributed by atoms with Gasteiger partial charge in [-0.25, -0.2) is 9.67 Å². The number of fused-ring (bicyclic) bond motifs is 1. The molecule has 0 saturated carbocycles. The van der Waals surface area contributed by atoms with E-state index in [4.69, 9.17) is 9.52 Å². The molecular weight excluding hydrogens is 420 g/mol. The van der Waals surface area contributed by atoms with Crippen molar-refractivity contribution in [3.05, 3.63) is 95.8 Å². The molecule has 0 fully saturated rings. The second kappa shape index (κ2) is 8.64. The Labute approximate surface area is 189 Å². The van der Waals surface area contributed by atoms with E-state index >= 15 is 0 Å². The maximum absolute atomic E-state index is 12.8. The lowest BCUT2D eigenvalue weighted by atomic mass is 10.2. The van der Waals surface area contributed by atoms with Gasteiger partial charge < -0.3 is 9.32 Å². The first-order valence-electron chi connectivity index (χ1n) is 10.1. The highest BCUT2D eigenvalue weighted by Crippen LogP contribution is 2.28. The van der Waals surface area contributed by atoms with Gasteiger partial charge in [-0.1, -0.05) is 36.4 Å². The highest BCUT2D eigenvalue weighted by Gasteiger charge is 2.16. The van der Waals surface area contributed by atoms with Gasteiger partial charge in [0.25, 0.3) is 0 Å². The van der Waals surface area contributed by atoms with Crippen LogP contribution in [0.3, 0.4) is 0 Å². The van der Waals surface area contributed by atoms with Crippen LogP contribution in [0, 0.1) is 0 Å². The van der Waals surface area contributed by atoms with Crippen LogP contribution in [0.5, 0.6) is 0 Å². The minimum absolute atomic E-state index is 0.142. The van der Waals surface area contributed by atoms with Crippen molar-refractivity contribution >= 4 is 34.4 Å². The third-order valence-corrected chi connectivity index (χ3v) is 5.90. The molecule has 5 aromatic rings. The van der Waals surface area contributed by atoms with Gasteiger partial charge in [-0.05, 0) is 35.7 Å². The van der Waals surface area contributed by atoms with E-state index in [1.165, 1.54) is 6.08 Å². The van der Waals surface area contributed by atoms with Crippen molar-refractivity contribution in [2.75, 3.05) is 7.05 Å². The molecule has 0 aliphatic heterocycles. The van der Waals surface area contributed by atoms with Crippen LogP contribution in [0.15, 0.2) is 88.8 Å². The molecule has 158 valence electrons. The summed E-state index contributed by atoms with van der Waals surface area (Å²) < 4.78 is 7.51. The average Bonchev–Trinajstić information content (AvgIpc) is 3.57. The molecule has 32 heavy (non-hydrogen) atoms. The zero-order valence-corrected chi connectivity index (χ0v) is 18.2. The quantitative estimate of drug-likeness (QED) is 0.331. The van der Waals surface area contributed by atoms with Crippen LogP contribution in [-0.4, -0.2) is 32.6 Å². The number of oxazole rings is 1. The highest BCUT2D eigenvalue weighted by molar-refractivity contribution is 7.13. The Morgan fingerprint density at radius 1 is 1.09 bits per heavy atom. The number of nitrogens with zero attached hydrogens (tertiary/aromatic N) is 4. The van der Waals surface area contributed by atoms with Crippen molar-refractivity contribution < 1.29 is 9.21 Å². The summed E-state index contributed by atoms with van der Waals surface area (Å²) in [5, 5.41) is 6.83. The van der Waals surface area contributed by atoms with E-state index < -0.39 is 0 Å². The van der Waals surface area contributed by atoms with Crippen LogP contribution >= 0.6 is 11.3 Å². The molecule has 5 rings (SSSR count). The minimum Gasteiger partial charge on any atom is -0.437 e. The molecule has 3 aromatic heterocycles. The summed E-state index contributed by atoms with van der Waals surface area (Å²) in [5.41, 5.74) is 4.29. The number of carbonyl (C=O) groups excluding carboxylic acids is 1. The van der Waals surface area contributed by atoms with E-state index in [9.17, 15) is 4.79 Å². The van der Waals surface area contributed by atoms with Gasteiger partial charge in [0, 0.05) is 37.5 Å².